The van der Waals surface area contributed by atoms with Crippen LogP contribution in [0.5, 0.6) is 0 Å². The minimum atomic E-state index is -2.74. The number of alkyl halides is 3. The van der Waals surface area contributed by atoms with Crippen LogP contribution in [0.2, 0.25) is 0 Å². The molecule has 1 nitrogen and oxygen atoms in total. The van der Waals surface area contributed by atoms with Gasteiger partial charge >= 0.3 is 0 Å². The molecule has 1 aliphatic rings. The zero-order valence-electron chi connectivity index (χ0n) is 9.69. The Kier molecular flexibility index (Phi) is 4.38. The Morgan fingerprint density at radius 2 is 1.74 bits per heavy atom. The van der Waals surface area contributed by atoms with Gasteiger partial charge in [-0.05, 0) is 11.6 Å². The van der Waals surface area contributed by atoms with Gasteiger partial charge in [-0.15, -0.1) is 11.6 Å². The smallest absolute Gasteiger partial charge is 0.260 e. The molecule has 5 heteroatoms. The van der Waals surface area contributed by atoms with Gasteiger partial charge in [-0.25, -0.2) is 8.78 Å². The molecular formula is C14H10Cl2F2O. The maximum atomic E-state index is 13.0. The summed E-state index contributed by atoms with van der Waals surface area (Å²) < 4.78 is 26.0. The van der Waals surface area contributed by atoms with Crippen LogP contribution in [0, 0.1) is 5.92 Å². The van der Waals surface area contributed by atoms with Crippen LogP contribution in [0.3, 0.4) is 0 Å². The van der Waals surface area contributed by atoms with Gasteiger partial charge in [0.1, 0.15) is 0 Å². The number of rotatable bonds is 3. The highest BCUT2D eigenvalue weighted by molar-refractivity contribution is 6.44. The summed E-state index contributed by atoms with van der Waals surface area (Å²) in [5.41, 5.74) is 0.318. The van der Waals surface area contributed by atoms with Crippen molar-refractivity contribution in [2.24, 2.45) is 5.92 Å². The Bertz CT molecular complexity index is 538. The van der Waals surface area contributed by atoms with Crippen molar-refractivity contribution in [2.75, 3.05) is 0 Å². The van der Waals surface area contributed by atoms with E-state index in [4.69, 9.17) is 23.2 Å². The van der Waals surface area contributed by atoms with E-state index in [1.165, 1.54) is 12.2 Å². The Morgan fingerprint density at radius 3 is 2.32 bits per heavy atom. The van der Waals surface area contributed by atoms with Gasteiger partial charge < -0.3 is 0 Å². The van der Waals surface area contributed by atoms with E-state index < -0.39 is 23.5 Å². The summed E-state index contributed by atoms with van der Waals surface area (Å²) in [5, 5.41) is -0.938. The van der Waals surface area contributed by atoms with Gasteiger partial charge in [-0.3, -0.25) is 4.79 Å². The van der Waals surface area contributed by atoms with E-state index in [0.29, 0.717) is 5.56 Å². The van der Waals surface area contributed by atoms with Gasteiger partial charge in [0.2, 0.25) is 0 Å². The molecule has 0 saturated heterocycles. The highest BCUT2D eigenvalue weighted by Gasteiger charge is 2.38. The first kappa shape index (κ1) is 14.2. The normalized spacial score (nSPS) is 21.1. The molecule has 0 spiro atoms. The summed E-state index contributed by atoms with van der Waals surface area (Å²) in [7, 11) is 0. The number of allylic oxidation sites excluding steroid dienone is 4. The first-order valence-electron chi connectivity index (χ1n) is 5.61. The van der Waals surface area contributed by atoms with E-state index in [1.54, 1.807) is 30.3 Å². The summed E-state index contributed by atoms with van der Waals surface area (Å²) in [5.74, 6) is -1.69. The van der Waals surface area contributed by atoms with Gasteiger partial charge in [-0.2, -0.15) is 0 Å². The predicted octanol–water partition coefficient (Wildman–Crippen LogP) is 4.48. The maximum Gasteiger partial charge on any atom is 0.260 e. The van der Waals surface area contributed by atoms with Crippen LogP contribution in [0.25, 0.3) is 0 Å². The molecule has 0 amide bonds. The average Bonchev–Trinajstić information content (AvgIpc) is 2.41. The zero-order valence-corrected chi connectivity index (χ0v) is 11.2. The van der Waals surface area contributed by atoms with Gasteiger partial charge in [0, 0.05) is 5.57 Å². The summed E-state index contributed by atoms with van der Waals surface area (Å²) >= 11 is 11.9. The van der Waals surface area contributed by atoms with Crippen molar-refractivity contribution in [3.05, 3.63) is 58.7 Å². The van der Waals surface area contributed by atoms with E-state index >= 15 is 0 Å². The van der Waals surface area contributed by atoms with Crippen LogP contribution >= 0.6 is 23.2 Å². The molecule has 0 saturated carbocycles. The molecule has 0 bridgehead atoms. The number of benzene rings is 1. The second-order valence-corrected chi connectivity index (χ2v) is 5.01. The molecule has 0 heterocycles. The number of Topliss-reactive ketones (excluding diaryl/α,β-unsaturated/α-hetero) is 1. The topological polar surface area (TPSA) is 17.1 Å². The second-order valence-electron chi connectivity index (χ2n) is 4.14. The number of halogens is 4. The molecule has 0 aliphatic heterocycles. The monoisotopic (exact) mass is 302 g/mol. The largest absolute Gasteiger partial charge is 0.292 e. The van der Waals surface area contributed by atoms with Crippen LogP contribution in [0.1, 0.15) is 10.9 Å². The van der Waals surface area contributed by atoms with Crippen molar-refractivity contribution in [3.63, 3.8) is 0 Å². The summed E-state index contributed by atoms with van der Waals surface area (Å²) in [6.07, 6.45) is -0.367. The van der Waals surface area contributed by atoms with Crippen LogP contribution in [-0.4, -0.2) is 12.2 Å². The molecule has 2 unspecified atom stereocenters. The summed E-state index contributed by atoms with van der Waals surface area (Å²) in [6, 6.07) is 8.65. The standard InChI is InChI=1S/C14H10Cl2F2O/c15-10-7-6-9(14(17)18)11(13(10)19)12(16)8-4-2-1-3-5-8/h1-7,11-12,14H. The SMILES string of the molecule is O=C1C(Cl)=CC=C(C(F)F)C1C(Cl)c1ccccc1. The average molecular weight is 303 g/mol. The zero-order chi connectivity index (χ0) is 14.0. The number of carbonyl (C=O) groups excluding carboxylic acids is 1. The predicted molar refractivity (Wildman–Crippen MR) is 71.6 cm³/mol. The van der Waals surface area contributed by atoms with E-state index in [-0.39, 0.29) is 10.6 Å². The van der Waals surface area contributed by atoms with Crippen LogP contribution in [-0.2, 0) is 4.79 Å². The number of ketones is 1. The third-order valence-corrected chi connectivity index (χ3v) is 3.78. The van der Waals surface area contributed by atoms with Gasteiger partial charge in [0.05, 0.1) is 16.3 Å². The molecule has 1 aliphatic carbocycles. The van der Waals surface area contributed by atoms with Crippen molar-refractivity contribution in [2.45, 2.75) is 11.8 Å². The van der Waals surface area contributed by atoms with Crippen molar-refractivity contribution in [1.82, 2.24) is 0 Å². The third kappa shape index (κ3) is 2.88. The maximum absolute atomic E-state index is 13.0. The molecule has 0 aromatic heterocycles. The Hall–Kier alpha value is -1.19. The molecule has 1 aromatic rings. The fourth-order valence-corrected chi connectivity index (χ4v) is 2.58. The van der Waals surface area contributed by atoms with Crippen LogP contribution in [0.4, 0.5) is 8.78 Å². The molecule has 2 atom stereocenters. The van der Waals surface area contributed by atoms with E-state index in [2.05, 4.69) is 0 Å². The fraction of sp³-hybridized carbons (Fsp3) is 0.214. The Balaban J connectivity index is 2.39. The lowest BCUT2D eigenvalue weighted by Crippen LogP contribution is -2.27. The van der Waals surface area contributed by atoms with Crippen molar-refractivity contribution < 1.29 is 13.6 Å². The lowest BCUT2D eigenvalue weighted by molar-refractivity contribution is -0.118. The summed E-state index contributed by atoms with van der Waals surface area (Å²) in [4.78, 5) is 12.0. The number of hydrogen-bond acceptors (Lipinski definition) is 1. The Labute approximate surface area is 119 Å². The molecular weight excluding hydrogens is 293 g/mol. The molecule has 0 fully saturated rings. The quantitative estimate of drug-likeness (QED) is 0.752. The van der Waals surface area contributed by atoms with Gasteiger partial charge in [0.25, 0.3) is 6.43 Å². The van der Waals surface area contributed by atoms with E-state index in [9.17, 15) is 13.6 Å². The molecule has 100 valence electrons. The molecule has 19 heavy (non-hydrogen) atoms. The van der Waals surface area contributed by atoms with E-state index in [0.717, 1.165) is 0 Å². The van der Waals surface area contributed by atoms with Crippen molar-refractivity contribution >= 4 is 29.0 Å². The van der Waals surface area contributed by atoms with Gasteiger partial charge in [0.15, 0.2) is 5.78 Å². The van der Waals surface area contributed by atoms with Crippen LogP contribution in [0.15, 0.2) is 53.1 Å². The molecule has 1 aromatic carbocycles. The van der Waals surface area contributed by atoms with Crippen LogP contribution < -0.4 is 0 Å². The number of carbonyl (C=O) groups is 1. The molecule has 0 radical (unpaired) electrons. The Morgan fingerprint density at radius 1 is 1.11 bits per heavy atom. The lowest BCUT2D eigenvalue weighted by atomic mass is 9.84. The minimum Gasteiger partial charge on any atom is -0.292 e. The molecule has 0 N–H and O–H groups in total. The molecule has 2 rings (SSSR count). The number of hydrogen-bond donors (Lipinski definition) is 0. The first-order chi connectivity index (χ1) is 9.02. The highest BCUT2D eigenvalue weighted by atomic mass is 35.5. The summed E-state index contributed by atoms with van der Waals surface area (Å²) in [6.45, 7) is 0. The lowest BCUT2D eigenvalue weighted by Gasteiger charge is -2.25. The minimum absolute atomic E-state index is 0.0732. The fourth-order valence-electron chi connectivity index (χ4n) is 1.99. The third-order valence-electron chi connectivity index (χ3n) is 2.96. The first-order valence-corrected chi connectivity index (χ1v) is 6.42. The van der Waals surface area contributed by atoms with Crippen molar-refractivity contribution in [3.8, 4) is 0 Å². The highest BCUT2D eigenvalue weighted by Crippen LogP contribution is 2.40. The second kappa shape index (κ2) is 5.85. The van der Waals surface area contributed by atoms with Gasteiger partial charge in [-0.1, -0.05) is 48.0 Å². The van der Waals surface area contributed by atoms with Crippen molar-refractivity contribution in [1.29, 1.82) is 0 Å². The van der Waals surface area contributed by atoms with E-state index in [1.807, 2.05) is 0 Å².